The molecule has 6 nitrogen and oxygen atoms in total. The molecule has 0 amide bonds. The van der Waals surface area contributed by atoms with Gasteiger partial charge in [-0.3, -0.25) is 4.90 Å². The lowest BCUT2D eigenvalue weighted by atomic mass is 9.95. The minimum Gasteiger partial charge on any atom is -0.458 e. The molecule has 6 heteroatoms. The largest absolute Gasteiger partial charge is 0.458 e. The zero-order valence-corrected chi connectivity index (χ0v) is 13.5. The summed E-state index contributed by atoms with van der Waals surface area (Å²) in [6.45, 7) is 2.71. The lowest BCUT2D eigenvalue weighted by Crippen LogP contribution is -2.46. The molecule has 1 saturated heterocycles. The number of ether oxygens (including phenoxy) is 1. The van der Waals surface area contributed by atoms with Crippen LogP contribution in [0.5, 0.6) is 0 Å². The highest BCUT2D eigenvalue weighted by Crippen LogP contribution is 2.30. The maximum atomic E-state index is 10.4. The number of likely N-dealkylation sites (tertiary alicyclic amines) is 1. The van der Waals surface area contributed by atoms with Crippen molar-refractivity contribution >= 4 is 11.0 Å². The molecule has 1 aliphatic rings. The maximum Gasteiger partial charge on any atom is 0.162 e. The highest BCUT2D eigenvalue weighted by Gasteiger charge is 2.32. The second-order valence-electron chi connectivity index (χ2n) is 6.27. The van der Waals surface area contributed by atoms with Crippen LogP contribution in [0.25, 0.3) is 11.0 Å². The van der Waals surface area contributed by atoms with Gasteiger partial charge in [-0.25, -0.2) is 0 Å². The molecule has 2 aromatic heterocycles. The molecule has 4 rings (SSSR count). The molecule has 1 fully saturated rings. The van der Waals surface area contributed by atoms with Gasteiger partial charge in [-0.15, -0.1) is 0 Å². The van der Waals surface area contributed by atoms with Gasteiger partial charge in [-0.05, 0) is 12.1 Å². The molecule has 0 saturated carbocycles. The van der Waals surface area contributed by atoms with Crippen LogP contribution in [0, 0.1) is 0 Å². The van der Waals surface area contributed by atoms with Gasteiger partial charge in [0, 0.05) is 44.1 Å². The van der Waals surface area contributed by atoms with Gasteiger partial charge in [-0.2, -0.15) is 0 Å². The van der Waals surface area contributed by atoms with E-state index in [-0.39, 0.29) is 0 Å². The monoisotopic (exact) mass is 328 g/mol. The maximum absolute atomic E-state index is 10.4. The number of methoxy groups -OCH3 is 1. The number of benzene rings is 1. The molecule has 3 aromatic rings. The highest BCUT2D eigenvalue weighted by atomic mass is 16.5. The van der Waals surface area contributed by atoms with Gasteiger partial charge in [0.05, 0.1) is 5.69 Å². The van der Waals surface area contributed by atoms with E-state index in [0.29, 0.717) is 24.8 Å². The summed E-state index contributed by atoms with van der Waals surface area (Å²) in [6.07, 6.45) is -0.625. The first-order chi connectivity index (χ1) is 11.7. The van der Waals surface area contributed by atoms with E-state index >= 15 is 0 Å². The van der Waals surface area contributed by atoms with Crippen LogP contribution < -0.4 is 0 Å². The molecular formula is C18H20N2O4. The van der Waals surface area contributed by atoms with Crippen molar-refractivity contribution < 1.29 is 18.8 Å². The van der Waals surface area contributed by atoms with E-state index < -0.39 is 6.10 Å². The average Bonchev–Trinajstić information content (AvgIpc) is 3.17. The fourth-order valence-corrected chi connectivity index (χ4v) is 3.14. The third-order valence-corrected chi connectivity index (χ3v) is 4.44. The van der Waals surface area contributed by atoms with Gasteiger partial charge in [0.2, 0.25) is 0 Å². The van der Waals surface area contributed by atoms with Gasteiger partial charge in [0.25, 0.3) is 0 Å². The van der Waals surface area contributed by atoms with E-state index in [1.807, 2.05) is 36.4 Å². The van der Waals surface area contributed by atoms with Crippen molar-refractivity contribution in [2.75, 3.05) is 26.7 Å². The van der Waals surface area contributed by atoms with Crippen LogP contribution in [0.4, 0.5) is 0 Å². The van der Waals surface area contributed by atoms with Crippen LogP contribution in [0.2, 0.25) is 0 Å². The molecule has 0 radical (unpaired) electrons. The van der Waals surface area contributed by atoms with Gasteiger partial charge < -0.3 is 18.8 Å². The van der Waals surface area contributed by atoms with Crippen molar-refractivity contribution in [1.29, 1.82) is 0 Å². The second kappa shape index (κ2) is 6.39. The van der Waals surface area contributed by atoms with Gasteiger partial charge in [0.15, 0.2) is 5.76 Å². The second-order valence-corrected chi connectivity index (χ2v) is 6.27. The van der Waals surface area contributed by atoms with Gasteiger partial charge >= 0.3 is 0 Å². The number of fused-ring (bicyclic) bond motifs is 1. The molecule has 0 spiro atoms. The number of hydrogen-bond acceptors (Lipinski definition) is 6. The molecular weight excluding hydrogens is 308 g/mol. The standard InChI is InChI=1S/C18H20N2O4/c1-22-11-14-7-15(19-24-14)13-8-20(9-13)10-16(21)18-6-12-4-2-3-5-17(12)23-18/h2-7,13,16,21H,8-11H2,1H3/t16-/m1/s1. The summed E-state index contributed by atoms with van der Waals surface area (Å²) in [4.78, 5) is 2.19. The van der Waals surface area contributed by atoms with Gasteiger partial charge in [-0.1, -0.05) is 23.4 Å². The van der Waals surface area contributed by atoms with Crippen LogP contribution in [0.15, 0.2) is 45.3 Å². The van der Waals surface area contributed by atoms with Crippen molar-refractivity contribution in [3.63, 3.8) is 0 Å². The molecule has 1 N–H and O–H groups in total. The van der Waals surface area contributed by atoms with Crippen molar-refractivity contribution in [2.24, 2.45) is 0 Å². The average molecular weight is 328 g/mol. The summed E-state index contributed by atoms with van der Waals surface area (Å²) >= 11 is 0. The number of rotatable bonds is 6. The smallest absolute Gasteiger partial charge is 0.162 e. The molecule has 0 unspecified atom stereocenters. The fourth-order valence-electron chi connectivity index (χ4n) is 3.14. The Balaban J connectivity index is 1.33. The first-order valence-electron chi connectivity index (χ1n) is 8.06. The minimum absolute atomic E-state index is 0.349. The van der Waals surface area contributed by atoms with Crippen LogP contribution in [-0.4, -0.2) is 41.9 Å². The summed E-state index contributed by atoms with van der Waals surface area (Å²) in [5.41, 5.74) is 1.76. The third kappa shape index (κ3) is 2.96. The van der Waals surface area contributed by atoms with Crippen molar-refractivity contribution in [1.82, 2.24) is 10.1 Å². The summed E-state index contributed by atoms with van der Waals surface area (Å²) in [5, 5.41) is 15.5. The van der Waals surface area contributed by atoms with Crippen molar-refractivity contribution in [3.05, 3.63) is 53.6 Å². The Morgan fingerprint density at radius 2 is 2.17 bits per heavy atom. The first-order valence-corrected chi connectivity index (χ1v) is 8.06. The SMILES string of the molecule is COCc1cc(C2CN(C[C@@H](O)c3cc4ccccc4o3)C2)no1. The molecule has 126 valence electrons. The Labute approximate surface area is 139 Å². The third-order valence-electron chi connectivity index (χ3n) is 4.44. The van der Waals surface area contributed by atoms with Crippen LogP contribution in [0.3, 0.4) is 0 Å². The van der Waals surface area contributed by atoms with Crippen LogP contribution >= 0.6 is 0 Å². The van der Waals surface area contributed by atoms with E-state index in [9.17, 15) is 5.11 Å². The lowest BCUT2D eigenvalue weighted by Gasteiger charge is -2.38. The molecule has 1 aromatic carbocycles. The number of nitrogens with zero attached hydrogens (tertiary/aromatic N) is 2. The number of β-amino-alcohol motifs (C(OH)–C–C–N with tert-alkyl or cyclic N) is 1. The highest BCUT2D eigenvalue weighted by molar-refractivity contribution is 5.77. The zero-order valence-electron chi connectivity index (χ0n) is 13.5. The zero-order chi connectivity index (χ0) is 16.5. The van der Waals surface area contributed by atoms with E-state index in [4.69, 9.17) is 13.7 Å². The predicted molar refractivity (Wildman–Crippen MR) is 87.6 cm³/mol. The van der Waals surface area contributed by atoms with E-state index in [1.165, 1.54) is 0 Å². The Morgan fingerprint density at radius 3 is 2.96 bits per heavy atom. The Kier molecular flexibility index (Phi) is 4.10. The molecule has 1 aliphatic heterocycles. The molecule has 1 atom stereocenters. The van der Waals surface area contributed by atoms with E-state index in [1.54, 1.807) is 7.11 Å². The minimum atomic E-state index is -0.625. The predicted octanol–water partition coefficient (Wildman–Crippen LogP) is 2.70. The Morgan fingerprint density at radius 1 is 1.33 bits per heavy atom. The number of para-hydroxylation sites is 1. The Bertz CT molecular complexity index is 786. The molecule has 0 aliphatic carbocycles. The Hall–Kier alpha value is -2.15. The van der Waals surface area contributed by atoms with E-state index in [0.717, 1.165) is 35.5 Å². The number of aliphatic hydroxyl groups excluding tert-OH is 1. The lowest BCUT2D eigenvalue weighted by molar-refractivity contribution is 0.0522. The number of aliphatic hydroxyl groups is 1. The molecule has 24 heavy (non-hydrogen) atoms. The summed E-state index contributed by atoms with van der Waals surface area (Å²) in [6, 6.07) is 11.6. The number of furan rings is 1. The van der Waals surface area contributed by atoms with E-state index in [2.05, 4.69) is 10.1 Å². The summed E-state index contributed by atoms with van der Waals surface area (Å²) in [5.74, 6) is 1.71. The molecule has 0 bridgehead atoms. The van der Waals surface area contributed by atoms with Crippen LogP contribution in [0.1, 0.15) is 29.2 Å². The number of aromatic nitrogens is 1. The van der Waals surface area contributed by atoms with Crippen molar-refractivity contribution in [2.45, 2.75) is 18.6 Å². The quantitative estimate of drug-likeness (QED) is 0.750. The topological polar surface area (TPSA) is 71.9 Å². The van der Waals surface area contributed by atoms with Gasteiger partial charge in [0.1, 0.15) is 24.1 Å². The molecule has 3 heterocycles. The normalized spacial score (nSPS) is 17.2. The number of hydrogen-bond donors (Lipinski definition) is 1. The summed E-state index contributed by atoms with van der Waals surface area (Å²) in [7, 11) is 1.63. The van der Waals surface area contributed by atoms with Crippen LogP contribution in [-0.2, 0) is 11.3 Å². The first kappa shape index (κ1) is 15.4. The fraction of sp³-hybridized carbons (Fsp3) is 0.389. The summed E-state index contributed by atoms with van der Waals surface area (Å²) < 4.78 is 16.0. The van der Waals surface area contributed by atoms with Crippen molar-refractivity contribution in [3.8, 4) is 0 Å².